The highest BCUT2D eigenvalue weighted by Gasteiger charge is 2.43. The lowest BCUT2D eigenvalue weighted by Crippen LogP contribution is -2.56. The molecule has 2 N–H and O–H groups in total. The van der Waals surface area contributed by atoms with E-state index in [4.69, 9.17) is 5.11 Å². The smallest absolute Gasteiger partial charge is 0.323 e. The molecule has 0 amide bonds. The Hall–Kier alpha value is -1.42. The van der Waals surface area contributed by atoms with Crippen molar-refractivity contribution in [1.29, 1.82) is 0 Å². The van der Waals surface area contributed by atoms with E-state index in [1.807, 2.05) is 6.92 Å². The van der Waals surface area contributed by atoms with Gasteiger partial charge < -0.3 is 5.11 Å². The minimum atomic E-state index is -0.788. The summed E-state index contributed by atoms with van der Waals surface area (Å²) < 4.78 is 12.9. The molecule has 0 atom stereocenters. The second-order valence-corrected chi connectivity index (χ2v) is 4.67. The van der Waals surface area contributed by atoms with E-state index in [9.17, 15) is 9.18 Å². The first-order valence-corrected chi connectivity index (χ1v) is 5.77. The Balaban J connectivity index is 2.04. The zero-order valence-electron chi connectivity index (χ0n) is 9.79. The molecule has 0 unspecified atom stereocenters. The van der Waals surface area contributed by atoms with Crippen LogP contribution in [0.3, 0.4) is 0 Å². The first kappa shape index (κ1) is 12.0. The van der Waals surface area contributed by atoms with Gasteiger partial charge >= 0.3 is 5.97 Å². The topological polar surface area (TPSA) is 49.3 Å². The number of benzene rings is 1. The molecule has 3 nitrogen and oxygen atoms in total. The predicted molar refractivity (Wildman–Crippen MR) is 62.2 cm³/mol. The molecule has 2 rings (SSSR count). The van der Waals surface area contributed by atoms with E-state index in [0.29, 0.717) is 19.4 Å². The van der Waals surface area contributed by atoms with Gasteiger partial charge in [0, 0.05) is 6.54 Å². The number of halogens is 1. The summed E-state index contributed by atoms with van der Waals surface area (Å²) in [4.78, 5) is 11.1. The highest BCUT2D eigenvalue weighted by Crippen LogP contribution is 2.32. The normalized spacial score (nSPS) is 17.5. The third kappa shape index (κ3) is 2.31. The zero-order valence-corrected chi connectivity index (χ0v) is 9.79. The van der Waals surface area contributed by atoms with Gasteiger partial charge in [-0.1, -0.05) is 6.07 Å². The van der Waals surface area contributed by atoms with Gasteiger partial charge in [0.05, 0.1) is 0 Å². The van der Waals surface area contributed by atoms with Gasteiger partial charge in [-0.15, -0.1) is 0 Å². The van der Waals surface area contributed by atoms with Crippen LogP contribution in [0.1, 0.15) is 30.4 Å². The highest BCUT2D eigenvalue weighted by atomic mass is 19.1. The fourth-order valence-corrected chi connectivity index (χ4v) is 2.12. The summed E-state index contributed by atoms with van der Waals surface area (Å²) in [7, 11) is 0. The van der Waals surface area contributed by atoms with Crippen molar-refractivity contribution >= 4 is 5.97 Å². The summed E-state index contributed by atoms with van der Waals surface area (Å²) in [5.41, 5.74) is 1.03. The highest BCUT2D eigenvalue weighted by molar-refractivity contribution is 5.79. The Morgan fingerprint density at radius 2 is 2.24 bits per heavy atom. The summed E-state index contributed by atoms with van der Waals surface area (Å²) in [6, 6.07) is 4.56. The number of carboxylic acid groups (broad SMARTS) is 1. The number of rotatable bonds is 4. The summed E-state index contributed by atoms with van der Waals surface area (Å²) in [6.45, 7) is 2.30. The van der Waals surface area contributed by atoms with Gasteiger partial charge in [0.2, 0.25) is 0 Å². The third-order valence-corrected chi connectivity index (χ3v) is 3.54. The van der Waals surface area contributed by atoms with Crippen LogP contribution in [0.15, 0.2) is 18.2 Å². The molecule has 1 aliphatic rings. The number of carbonyl (C=O) groups is 1. The SMILES string of the molecule is Cc1cc(F)ccc1CNC1(C(=O)O)CCC1. The van der Waals surface area contributed by atoms with Crippen LogP contribution in [0.2, 0.25) is 0 Å². The summed E-state index contributed by atoms with van der Waals surface area (Å²) in [6.07, 6.45) is 2.28. The fourth-order valence-electron chi connectivity index (χ4n) is 2.12. The number of hydrogen-bond donors (Lipinski definition) is 2. The van der Waals surface area contributed by atoms with Gasteiger partial charge in [0.25, 0.3) is 0 Å². The van der Waals surface area contributed by atoms with Crippen LogP contribution in [0, 0.1) is 12.7 Å². The van der Waals surface area contributed by atoms with Crippen LogP contribution in [0.4, 0.5) is 4.39 Å². The maximum atomic E-state index is 12.9. The maximum Gasteiger partial charge on any atom is 0.323 e. The van der Waals surface area contributed by atoms with Crippen LogP contribution in [0.5, 0.6) is 0 Å². The van der Waals surface area contributed by atoms with Crippen LogP contribution in [0.25, 0.3) is 0 Å². The Morgan fingerprint density at radius 1 is 1.53 bits per heavy atom. The second-order valence-electron chi connectivity index (χ2n) is 4.67. The number of aliphatic carboxylic acids is 1. The van der Waals surface area contributed by atoms with Crippen molar-refractivity contribution in [2.24, 2.45) is 0 Å². The minimum Gasteiger partial charge on any atom is -0.480 e. The Labute approximate surface area is 99.7 Å². The number of hydrogen-bond acceptors (Lipinski definition) is 2. The van der Waals surface area contributed by atoms with Crippen molar-refractivity contribution in [3.8, 4) is 0 Å². The second kappa shape index (κ2) is 4.45. The number of aryl methyl sites for hydroxylation is 1. The standard InChI is InChI=1S/C13H16FNO2/c1-9-7-11(14)4-3-10(9)8-15-13(12(16)17)5-2-6-13/h3-4,7,15H,2,5-6,8H2,1H3,(H,16,17). The van der Waals surface area contributed by atoms with Gasteiger partial charge in [-0.05, 0) is 49.4 Å². The molecule has 1 saturated carbocycles. The summed E-state index contributed by atoms with van der Waals surface area (Å²) in [5, 5.41) is 12.2. The van der Waals surface area contributed by atoms with Crippen LogP contribution < -0.4 is 5.32 Å². The molecule has 1 aromatic rings. The van der Waals surface area contributed by atoms with Crippen molar-refractivity contribution < 1.29 is 14.3 Å². The van der Waals surface area contributed by atoms with E-state index in [-0.39, 0.29) is 5.82 Å². The van der Waals surface area contributed by atoms with Crippen molar-refractivity contribution in [3.05, 3.63) is 35.1 Å². The zero-order chi connectivity index (χ0) is 12.5. The predicted octanol–water partition coefficient (Wildman–Crippen LogP) is 2.23. The molecule has 1 fully saturated rings. The largest absolute Gasteiger partial charge is 0.480 e. The molecule has 92 valence electrons. The molecule has 0 spiro atoms. The lowest BCUT2D eigenvalue weighted by molar-refractivity contribution is -0.148. The van der Waals surface area contributed by atoms with Crippen molar-refractivity contribution in [3.63, 3.8) is 0 Å². The van der Waals surface area contributed by atoms with Crippen LogP contribution >= 0.6 is 0 Å². The first-order valence-electron chi connectivity index (χ1n) is 5.77. The van der Waals surface area contributed by atoms with E-state index in [0.717, 1.165) is 17.5 Å². The third-order valence-electron chi connectivity index (χ3n) is 3.54. The molecule has 1 aliphatic carbocycles. The number of nitrogens with one attached hydrogen (secondary N) is 1. The molecule has 0 aliphatic heterocycles. The van der Waals surface area contributed by atoms with E-state index in [1.54, 1.807) is 6.07 Å². The minimum absolute atomic E-state index is 0.261. The van der Waals surface area contributed by atoms with Gasteiger partial charge in [-0.3, -0.25) is 10.1 Å². The van der Waals surface area contributed by atoms with Gasteiger partial charge in [0.1, 0.15) is 11.4 Å². The maximum absolute atomic E-state index is 12.9. The monoisotopic (exact) mass is 237 g/mol. The van der Waals surface area contributed by atoms with Crippen molar-refractivity contribution in [1.82, 2.24) is 5.32 Å². The molecule has 0 heterocycles. The quantitative estimate of drug-likeness (QED) is 0.844. The molecule has 0 radical (unpaired) electrons. The Morgan fingerprint density at radius 3 is 2.71 bits per heavy atom. The molecular formula is C13H16FNO2. The average molecular weight is 237 g/mol. The first-order chi connectivity index (χ1) is 8.03. The van der Waals surface area contributed by atoms with E-state index >= 15 is 0 Å². The lowest BCUT2D eigenvalue weighted by atomic mass is 9.76. The van der Waals surface area contributed by atoms with Gasteiger partial charge in [-0.25, -0.2) is 4.39 Å². The molecular weight excluding hydrogens is 221 g/mol. The lowest BCUT2D eigenvalue weighted by Gasteiger charge is -2.38. The molecule has 0 bridgehead atoms. The molecule has 4 heteroatoms. The Kier molecular flexibility index (Phi) is 3.15. The van der Waals surface area contributed by atoms with Gasteiger partial charge in [0.15, 0.2) is 0 Å². The molecule has 0 saturated heterocycles. The van der Waals surface area contributed by atoms with E-state index in [2.05, 4.69) is 5.32 Å². The van der Waals surface area contributed by atoms with Crippen molar-refractivity contribution in [2.75, 3.05) is 0 Å². The summed E-state index contributed by atoms with van der Waals surface area (Å²) in [5.74, 6) is -1.05. The average Bonchev–Trinajstić information content (AvgIpc) is 2.18. The molecule has 17 heavy (non-hydrogen) atoms. The molecule has 0 aromatic heterocycles. The number of carboxylic acids is 1. The van der Waals surface area contributed by atoms with Crippen LogP contribution in [-0.2, 0) is 11.3 Å². The summed E-state index contributed by atoms with van der Waals surface area (Å²) >= 11 is 0. The van der Waals surface area contributed by atoms with Gasteiger partial charge in [-0.2, -0.15) is 0 Å². The Bertz CT molecular complexity index is 441. The van der Waals surface area contributed by atoms with Crippen LogP contribution in [-0.4, -0.2) is 16.6 Å². The van der Waals surface area contributed by atoms with E-state index in [1.165, 1.54) is 12.1 Å². The van der Waals surface area contributed by atoms with E-state index < -0.39 is 11.5 Å². The fraction of sp³-hybridized carbons (Fsp3) is 0.462. The van der Waals surface area contributed by atoms with Crippen molar-refractivity contribution in [2.45, 2.75) is 38.3 Å². The molecule has 1 aromatic carbocycles.